The molecule has 1 nitrogen and oxygen atoms in total. The monoisotopic (exact) mass is 250 g/mol. The Morgan fingerprint density at radius 2 is 1.81 bits per heavy atom. The molecule has 5 heteroatoms. The van der Waals surface area contributed by atoms with Gasteiger partial charge in [0.25, 0.3) is 0 Å². The molecule has 0 aliphatic carbocycles. The molecule has 0 bridgehead atoms. The topological polar surface area (TPSA) is 17.1 Å². The van der Waals surface area contributed by atoms with Crippen molar-refractivity contribution in [2.24, 2.45) is 0 Å². The van der Waals surface area contributed by atoms with Crippen LogP contribution in [0.1, 0.15) is 25.0 Å². The lowest BCUT2D eigenvalue weighted by molar-refractivity contribution is -0.137. The maximum absolute atomic E-state index is 12.5. The summed E-state index contributed by atoms with van der Waals surface area (Å²) in [6.07, 6.45) is -3.85. The van der Waals surface area contributed by atoms with Gasteiger partial charge in [-0.25, -0.2) is 0 Å². The Kier molecular flexibility index (Phi) is 3.33. The number of carbonyl (C=O) groups excluding carboxylic acids is 1. The van der Waals surface area contributed by atoms with Gasteiger partial charge < -0.3 is 4.79 Å². The van der Waals surface area contributed by atoms with Gasteiger partial charge in [0.15, 0.2) is 0 Å². The molecule has 0 radical (unpaired) electrons. The summed E-state index contributed by atoms with van der Waals surface area (Å²) in [5, 5.41) is 0.158. The first-order valence-electron chi connectivity index (χ1n) is 4.52. The SMILES string of the molecule is CC(C)(C=O)c1cc(C(F)(F)F)ccc1Cl. The Morgan fingerprint density at radius 3 is 2.25 bits per heavy atom. The maximum Gasteiger partial charge on any atom is 0.416 e. The van der Waals surface area contributed by atoms with Gasteiger partial charge in [-0.1, -0.05) is 11.6 Å². The lowest BCUT2D eigenvalue weighted by atomic mass is 9.85. The van der Waals surface area contributed by atoms with E-state index >= 15 is 0 Å². The Balaban J connectivity index is 3.35. The number of rotatable bonds is 2. The van der Waals surface area contributed by atoms with Crippen molar-refractivity contribution in [2.75, 3.05) is 0 Å². The highest BCUT2D eigenvalue weighted by atomic mass is 35.5. The number of halogens is 4. The predicted octanol–water partition coefficient (Wildman–Crippen LogP) is 3.84. The Bertz CT molecular complexity index is 410. The first-order valence-corrected chi connectivity index (χ1v) is 4.90. The second-order valence-corrected chi connectivity index (χ2v) is 4.44. The number of carbonyl (C=O) groups is 1. The predicted molar refractivity (Wildman–Crippen MR) is 55.5 cm³/mol. The van der Waals surface area contributed by atoms with Crippen molar-refractivity contribution in [3.8, 4) is 0 Å². The molecule has 16 heavy (non-hydrogen) atoms. The molecular formula is C11H10ClF3O. The quantitative estimate of drug-likeness (QED) is 0.729. The number of hydrogen-bond acceptors (Lipinski definition) is 1. The van der Waals surface area contributed by atoms with Gasteiger partial charge in [-0.05, 0) is 37.6 Å². The van der Waals surface area contributed by atoms with Crippen LogP contribution >= 0.6 is 11.6 Å². The van der Waals surface area contributed by atoms with Gasteiger partial charge in [0.05, 0.1) is 5.56 Å². The minimum Gasteiger partial charge on any atom is -0.302 e. The second kappa shape index (κ2) is 4.09. The summed E-state index contributed by atoms with van der Waals surface area (Å²) in [6.45, 7) is 3.03. The van der Waals surface area contributed by atoms with E-state index in [0.29, 0.717) is 6.29 Å². The van der Waals surface area contributed by atoms with Crippen molar-refractivity contribution in [3.05, 3.63) is 34.3 Å². The number of hydrogen-bond donors (Lipinski definition) is 0. The molecule has 0 heterocycles. The summed E-state index contributed by atoms with van der Waals surface area (Å²) in [4.78, 5) is 10.8. The molecule has 0 unspecified atom stereocenters. The van der Waals surface area contributed by atoms with Crippen LogP contribution in [0.2, 0.25) is 5.02 Å². The Morgan fingerprint density at radius 1 is 1.25 bits per heavy atom. The van der Waals surface area contributed by atoms with Crippen LogP contribution in [0.3, 0.4) is 0 Å². The Hall–Kier alpha value is -1.03. The molecular weight excluding hydrogens is 241 g/mol. The normalized spacial score (nSPS) is 12.6. The fraction of sp³-hybridized carbons (Fsp3) is 0.364. The van der Waals surface area contributed by atoms with E-state index in [4.69, 9.17) is 11.6 Å². The Labute approximate surface area is 96.2 Å². The van der Waals surface area contributed by atoms with Gasteiger partial charge in [-0.3, -0.25) is 0 Å². The summed E-state index contributed by atoms with van der Waals surface area (Å²) < 4.78 is 37.4. The van der Waals surface area contributed by atoms with Crippen LogP contribution < -0.4 is 0 Å². The van der Waals surface area contributed by atoms with Gasteiger partial charge in [0.1, 0.15) is 6.29 Å². The van der Waals surface area contributed by atoms with E-state index in [-0.39, 0.29) is 10.6 Å². The summed E-state index contributed by atoms with van der Waals surface area (Å²) >= 11 is 5.78. The van der Waals surface area contributed by atoms with E-state index in [1.54, 1.807) is 0 Å². The van der Waals surface area contributed by atoms with Crippen LogP contribution in [0, 0.1) is 0 Å². The average Bonchev–Trinajstić information content (AvgIpc) is 2.16. The summed E-state index contributed by atoms with van der Waals surface area (Å²) in [7, 11) is 0. The van der Waals surface area contributed by atoms with Crippen LogP contribution in [0.5, 0.6) is 0 Å². The van der Waals surface area contributed by atoms with Gasteiger partial charge in [0, 0.05) is 10.4 Å². The standard InChI is InChI=1S/C11H10ClF3O/c1-10(2,6-16)8-5-7(11(13,14)15)3-4-9(8)12/h3-6H,1-2H3. The molecule has 0 N–H and O–H groups in total. The molecule has 0 aliphatic rings. The molecule has 0 spiro atoms. The molecule has 1 aromatic rings. The van der Waals surface area contributed by atoms with Crippen molar-refractivity contribution >= 4 is 17.9 Å². The van der Waals surface area contributed by atoms with E-state index in [0.717, 1.165) is 18.2 Å². The smallest absolute Gasteiger partial charge is 0.302 e. The van der Waals surface area contributed by atoms with Crippen LogP contribution in [0.25, 0.3) is 0 Å². The second-order valence-electron chi connectivity index (χ2n) is 4.03. The number of alkyl halides is 3. The van der Waals surface area contributed by atoms with Crippen molar-refractivity contribution in [2.45, 2.75) is 25.4 Å². The first kappa shape index (κ1) is 13.0. The zero-order valence-corrected chi connectivity index (χ0v) is 9.49. The molecule has 0 fully saturated rings. The number of benzene rings is 1. The average molecular weight is 251 g/mol. The molecule has 0 amide bonds. The third-order valence-corrected chi connectivity index (χ3v) is 2.61. The lowest BCUT2D eigenvalue weighted by Crippen LogP contribution is -2.20. The molecule has 0 saturated heterocycles. The van der Waals surface area contributed by atoms with E-state index in [1.165, 1.54) is 13.8 Å². The third kappa shape index (κ3) is 2.55. The molecule has 88 valence electrons. The first-order chi connectivity index (χ1) is 7.18. The van der Waals surface area contributed by atoms with Crippen molar-refractivity contribution < 1.29 is 18.0 Å². The van der Waals surface area contributed by atoms with Crippen molar-refractivity contribution in [1.29, 1.82) is 0 Å². The highest BCUT2D eigenvalue weighted by molar-refractivity contribution is 6.31. The third-order valence-electron chi connectivity index (χ3n) is 2.28. The molecule has 1 rings (SSSR count). The molecule has 0 saturated carbocycles. The van der Waals surface area contributed by atoms with E-state index < -0.39 is 17.2 Å². The van der Waals surface area contributed by atoms with Crippen LogP contribution in [-0.2, 0) is 16.4 Å². The zero-order chi connectivity index (χ0) is 12.6. The highest BCUT2D eigenvalue weighted by Gasteiger charge is 2.33. The summed E-state index contributed by atoms with van der Waals surface area (Å²) in [5.74, 6) is 0. The fourth-order valence-corrected chi connectivity index (χ4v) is 1.62. The van der Waals surface area contributed by atoms with Crippen LogP contribution in [0.15, 0.2) is 18.2 Å². The van der Waals surface area contributed by atoms with Gasteiger partial charge in [-0.15, -0.1) is 0 Å². The number of aldehydes is 1. The lowest BCUT2D eigenvalue weighted by Gasteiger charge is -2.20. The zero-order valence-electron chi connectivity index (χ0n) is 8.73. The summed E-state index contributed by atoms with van der Waals surface area (Å²) in [5.41, 5.74) is -1.65. The van der Waals surface area contributed by atoms with E-state index in [1.807, 2.05) is 0 Å². The summed E-state index contributed by atoms with van der Waals surface area (Å²) in [6, 6.07) is 2.97. The minimum absolute atomic E-state index is 0.158. The largest absolute Gasteiger partial charge is 0.416 e. The molecule has 0 aromatic heterocycles. The van der Waals surface area contributed by atoms with Gasteiger partial charge in [0.2, 0.25) is 0 Å². The molecule has 0 atom stereocenters. The van der Waals surface area contributed by atoms with Crippen molar-refractivity contribution in [1.82, 2.24) is 0 Å². The van der Waals surface area contributed by atoms with Crippen molar-refractivity contribution in [3.63, 3.8) is 0 Å². The maximum atomic E-state index is 12.5. The van der Waals surface area contributed by atoms with Gasteiger partial charge in [-0.2, -0.15) is 13.2 Å². The molecule has 0 aliphatic heterocycles. The van der Waals surface area contributed by atoms with Crippen LogP contribution in [0.4, 0.5) is 13.2 Å². The minimum atomic E-state index is -4.43. The van der Waals surface area contributed by atoms with Crippen LogP contribution in [-0.4, -0.2) is 6.29 Å². The fourth-order valence-electron chi connectivity index (χ4n) is 1.26. The van der Waals surface area contributed by atoms with E-state index in [2.05, 4.69) is 0 Å². The van der Waals surface area contributed by atoms with E-state index in [9.17, 15) is 18.0 Å². The highest BCUT2D eigenvalue weighted by Crippen LogP contribution is 2.35. The molecule has 1 aromatic carbocycles. The van der Waals surface area contributed by atoms with Gasteiger partial charge >= 0.3 is 6.18 Å².